The van der Waals surface area contributed by atoms with Crippen molar-refractivity contribution in [3.63, 3.8) is 0 Å². The summed E-state index contributed by atoms with van der Waals surface area (Å²) in [5.74, 6) is -0.832. The minimum absolute atomic E-state index is 0.121. The molecule has 2 heterocycles. The van der Waals surface area contributed by atoms with Gasteiger partial charge in [-0.15, -0.1) is 0 Å². The minimum Gasteiger partial charge on any atom is -0.460 e. The number of hydrogen-bond donors (Lipinski definition) is 1. The van der Waals surface area contributed by atoms with Crippen LogP contribution in [0.4, 0.5) is 0 Å². The zero-order chi connectivity index (χ0) is 16.7. The Morgan fingerprint density at radius 2 is 2.26 bits per heavy atom. The van der Waals surface area contributed by atoms with Crippen molar-refractivity contribution in [1.29, 1.82) is 5.26 Å². The lowest BCUT2D eigenvalue weighted by Gasteiger charge is -2.08. The molecule has 0 aliphatic heterocycles. The largest absolute Gasteiger partial charge is 0.460 e. The first-order chi connectivity index (χ1) is 10.9. The van der Waals surface area contributed by atoms with E-state index in [0.717, 1.165) is 0 Å². The van der Waals surface area contributed by atoms with Crippen molar-refractivity contribution in [2.75, 3.05) is 6.61 Å². The molecule has 0 saturated heterocycles. The maximum atomic E-state index is 12.6. The van der Waals surface area contributed by atoms with Crippen LogP contribution in [0.2, 0.25) is 0 Å². The Kier molecular flexibility index (Phi) is 3.58. The third kappa shape index (κ3) is 2.67. The molecular formula is C14H14N4O4S. The normalized spacial score (nSPS) is 16.0. The maximum Gasteiger partial charge on any atom is 0.374 e. The van der Waals surface area contributed by atoms with Gasteiger partial charge in [0.15, 0.2) is 5.03 Å². The van der Waals surface area contributed by atoms with Gasteiger partial charge in [-0.3, -0.25) is 4.40 Å². The summed E-state index contributed by atoms with van der Waals surface area (Å²) >= 11 is 0. The first-order valence-electron chi connectivity index (χ1n) is 7.02. The van der Waals surface area contributed by atoms with E-state index in [1.807, 2.05) is 6.07 Å². The van der Waals surface area contributed by atoms with Crippen molar-refractivity contribution in [2.45, 2.75) is 30.3 Å². The van der Waals surface area contributed by atoms with Crippen LogP contribution in [0.15, 0.2) is 29.4 Å². The number of fused-ring (bicyclic) bond motifs is 1. The van der Waals surface area contributed by atoms with E-state index in [-0.39, 0.29) is 23.0 Å². The number of esters is 1. The second-order valence-corrected chi connectivity index (χ2v) is 6.81. The van der Waals surface area contributed by atoms with Crippen LogP contribution in [0.5, 0.6) is 0 Å². The maximum absolute atomic E-state index is 12.6. The SMILES string of the molecule is CCOC(=O)c1nc(S(=O)(=O)NC2(C#N)CC2)c2ccccn12. The van der Waals surface area contributed by atoms with Gasteiger partial charge < -0.3 is 4.74 Å². The van der Waals surface area contributed by atoms with E-state index < -0.39 is 21.5 Å². The highest BCUT2D eigenvalue weighted by molar-refractivity contribution is 7.89. The number of nitrogens with zero attached hydrogens (tertiary/aromatic N) is 3. The molecule has 0 radical (unpaired) electrons. The number of sulfonamides is 1. The van der Waals surface area contributed by atoms with Crippen LogP contribution in [0, 0.1) is 11.3 Å². The summed E-state index contributed by atoms with van der Waals surface area (Å²) in [6, 6.07) is 6.79. The van der Waals surface area contributed by atoms with Crippen LogP contribution in [0.3, 0.4) is 0 Å². The molecule has 2 aromatic rings. The van der Waals surface area contributed by atoms with E-state index in [0.29, 0.717) is 12.8 Å². The number of hydrogen-bond acceptors (Lipinski definition) is 6. The average Bonchev–Trinajstić information content (AvgIpc) is 3.16. The molecule has 1 aliphatic rings. The van der Waals surface area contributed by atoms with E-state index in [1.54, 1.807) is 19.1 Å². The lowest BCUT2D eigenvalue weighted by Crippen LogP contribution is -2.35. The summed E-state index contributed by atoms with van der Waals surface area (Å²) in [6.45, 7) is 1.80. The molecule has 0 amide bonds. The molecule has 3 rings (SSSR count). The van der Waals surface area contributed by atoms with Crippen molar-refractivity contribution < 1.29 is 17.9 Å². The van der Waals surface area contributed by atoms with Crippen LogP contribution in [0.25, 0.3) is 5.52 Å². The van der Waals surface area contributed by atoms with Gasteiger partial charge in [0.1, 0.15) is 5.54 Å². The Hall–Kier alpha value is -2.44. The van der Waals surface area contributed by atoms with Crippen molar-refractivity contribution >= 4 is 21.5 Å². The molecule has 1 saturated carbocycles. The molecule has 9 heteroatoms. The summed E-state index contributed by atoms with van der Waals surface area (Å²) in [5, 5.41) is 8.78. The Morgan fingerprint density at radius 1 is 1.52 bits per heavy atom. The first-order valence-corrected chi connectivity index (χ1v) is 8.50. The van der Waals surface area contributed by atoms with E-state index in [1.165, 1.54) is 16.7 Å². The first kappa shape index (κ1) is 15.5. The molecule has 0 bridgehead atoms. The predicted octanol–water partition coefficient (Wildman–Crippen LogP) is 0.845. The van der Waals surface area contributed by atoms with Crippen molar-refractivity contribution in [3.8, 4) is 6.07 Å². The number of rotatable bonds is 5. The fourth-order valence-corrected chi connectivity index (χ4v) is 3.72. The van der Waals surface area contributed by atoms with Gasteiger partial charge in [-0.05, 0) is 31.9 Å². The van der Waals surface area contributed by atoms with Crippen LogP contribution in [-0.2, 0) is 14.8 Å². The molecule has 8 nitrogen and oxygen atoms in total. The van der Waals surface area contributed by atoms with Gasteiger partial charge in [0.05, 0.1) is 18.2 Å². The zero-order valence-electron chi connectivity index (χ0n) is 12.3. The fraction of sp³-hybridized carbons (Fsp3) is 0.357. The van der Waals surface area contributed by atoms with Gasteiger partial charge in [-0.2, -0.15) is 9.98 Å². The Balaban J connectivity index is 2.11. The number of pyridine rings is 1. The van der Waals surface area contributed by atoms with Gasteiger partial charge in [-0.25, -0.2) is 18.2 Å². The number of carbonyl (C=O) groups is 1. The second kappa shape index (κ2) is 5.33. The quantitative estimate of drug-likeness (QED) is 0.811. The highest BCUT2D eigenvalue weighted by Crippen LogP contribution is 2.36. The van der Waals surface area contributed by atoms with Gasteiger partial charge in [0.25, 0.3) is 10.0 Å². The van der Waals surface area contributed by atoms with E-state index >= 15 is 0 Å². The number of ether oxygens (including phenoxy) is 1. The standard InChI is InChI=1S/C14H14N4O4S/c1-2-22-13(19)11-16-12(10-5-3-4-8-18(10)11)23(20,21)17-14(9-15)6-7-14/h3-5,8,17H,2,6-7H2,1H3. The molecule has 0 unspecified atom stereocenters. The van der Waals surface area contributed by atoms with Crippen LogP contribution < -0.4 is 4.72 Å². The zero-order valence-corrected chi connectivity index (χ0v) is 13.1. The van der Waals surface area contributed by atoms with Gasteiger partial charge in [0.2, 0.25) is 5.82 Å². The van der Waals surface area contributed by atoms with Crippen molar-refractivity contribution in [1.82, 2.24) is 14.1 Å². The minimum atomic E-state index is -4.03. The van der Waals surface area contributed by atoms with Gasteiger partial charge in [-0.1, -0.05) is 6.07 Å². The lowest BCUT2D eigenvalue weighted by molar-refractivity contribution is 0.0511. The van der Waals surface area contributed by atoms with Gasteiger partial charge >= 0.3 is 5.97 Å². The number of nitrogens with one attached hydrogen (secondary N) is 1. The molecular weight excluding hydrogens is 320 g/mol. The summed E-state index contributed by atoms with van der Waals surface area (Å²) < 4.78 is 33.8. The van der Waals surface area contributed by atoms with Crippen LogP contribution >= 0.6 is 0 Å². The lowest BCUT2D eigenvalue weighted by atomic mass is 10.3. The summed E-state index contributed by atoms with van der Waals surface area (Å²) in [7, 11) is -4.03. The average molecular weight is 334 g/mol. The molecule has 1 fully saturated rings. The van der Waals surface area contributed by atoms with E-state index in [9.17, 15) is 13.2 Å². The molecule has 0 aromatic carbocycles. The molecule has 120 valence electrons. The third-order valence-corrected chi connectivity index (χ3v) is 4.99. The fourth-order valence-electron chi connectivity index (χ4n) is 2.21. The second-order valence-electron chi connectivity index (χ2n) is 5.22. The highest BCUT2D eigenvalue weighted by Gasteiger charge is 2.47. The molecule has 0 atom stereocenters. The van der Waals surface area contributed by atoms with Crippen molar-refractivity contribution in [2.24, 2.45) is 0 Å². The Labute approximate surface area is 132 Å². The summed E-state index contributed by atoms with van der Waals surface area (Å²) in [5.41, 5.74) is -0.815. The molecule has 1 N–H and O–H groups in total. The molecule has 1 aliphatic carbocycles. The van der Waals surface area contributed by atoms with Crippen LogP contribution in [0.1, 0.15) is 30.4 Å². The van der Waals surface area contributed by atoms with E-state index in [4.69, 9.17) is 10.00 Å². The molecule has 2 aromatic heterocycles. The monoisotopic (exact) mass is 334 g/mol. The Morgan fingerprint density at radius 3 is 2.87 bits per heavy atom. The summed E-state index contributed by atoms with van der Waals surface area (Å²) in [4.78, 5) is 15.9. The smallest absolute Gasteiger partial charge is 0.374 e. The molecule has 0 spiro atoms. The van der Waals surface area contributed by atoms with Crippen LogP contribution in [-0.4, -0.2) is 35.9 Å². The number of nitriles is 1. The highest BCUT2D eigenvalue weighted by atomic mass is 32.2. The topological polar surface area (TPSA) is 114 Å². The van der Waals surface area contributed by atoms with Crippen molar-refractivity contribution in [3.05, 3.63) is 30.2 Å². The van der Waals surface area contributed by atoms with Gasteiger partial charge in [0, 0.05) is 6.20 Å². The van der Waals surface area contributed by atoms with E-state index in [2.05, 4.69) is 9.71 Å². The number of aromatic nitrogens is 2. The Bertz CT molecular complexity index is 922. The number of imidazole rings is 1. The third-order valence-electron chi connectivity index (χ3n) is 3.52. The molecule has 23 heavy (non-hydrogen) atoms. The number of carbonyl (C=O) groups excluding carboxylic acids is 1. The summed E-state index contributed by atoms with van der Waals surface area (Å²) in [6.07, 6.45) is 2.45. The predicted molar refractivity (Wildman–Crippen MR) is 79.0 cm³/mol.